The molecule has 8 heteroatoms. The van der Waals surface area contributed by atoms with Gasteiger partial charge in [-0.1, -0.05) is 158 Å². The first-order chi connectivity index (χ1) is 26.3. The lowest BCUT2D eigenvalue weighted by Crippen LogP contribution is -2.44. The molecular weight excluding hydrogens is 693 g/mol. The summed E-state index contributed by atoms with van der Waals surface area (Å²) in [4.78, 5) is 40.0. The number of ether oxygens (including phenoxy) is 1. The third kappa shape index (κ3) is 36.6. The second-order valence-electron chi connectivity index (χ2n) is 15.0. The van der Waals surface area contributed by atoms with E-state index in [0.717, 1.165) is 88.9 Å². The molecule has 0 saturated heterocycles. The predicted molar refractivity (Wildman–Crippen MR) is 233 cm³/mol. The van der Waals surface area contributed by atoms with E-state index in [9.17, 15) is 19.5 Å². The van der Waals surface area contributed by atoms with E-state index in [1.54, 1.807) is 0 Å². The number of carbonyl (C=O) groups is 3. The van der Waals surface area contributed by atoms with E-state index >= 15 is 0 Å². The van der Waals surface area contributed by atoms with Crippen LogP contribution in [-0.2, 0) is 14.3 Å². The summed E-state index contributed by atoms with van der Waals surface area (Å²) >= 11 is 1.13. The Bertz CT molecular complexity index is 1010. The Kier molecular flexibility index (Phi) is 38.6. The highest BCUT2D eigenvalue weighted by molar-refractivity contribution is 8.13. The number of nitrogens with zero attached hydrogens (tertiary/aromatic N) is 1. The Labute approximate surface area is 336 Å². The van der Waals surface area contributed by atoms with Crippen LogP contribution in [0.3, 0.4) is 0 Å². The monoisotopic (exact) mass is 775 g/mol. The van der Waals surface area contributed by atoms with Crippen molar-refractivity contribution in [2.24, 2.45) is 5.92 Å². The number of hydrogen-bond acceptors (Lipinski definition) is 6. The summed E-state index contributed by atoms with van der Waals surface area (Å²) < 4.78 is 5.74. The molecule has 2 N–H and O–H groups in total. The van der Waals surface area contributed by atoms with Gasteiger partial charge in [0.25, 0.3) is 5.24 Å². The zero-order chi connectivity index (χ0) is 39.7. The van der Waals surface area contributed by atoms with Crippen LogP contribution in [0.5, 0.6) is 0 Å². The number of rotatable bonds is 38. The molecule has 0 aliphatic heterocycles. The average molecular weight is 775 g/mol. The Morgan fingerprint density at radius 3 is 1.54 bits per heavy atom. The zero-order valence-corrected chi connectivity index (χ0v) is 36.0. The SMILES string of the molecule is CCCCC/C=C\C/C=C\CCCCCCCCOC(=O)C(CCCCCCCC/C=C\C/C=C\CCCCC)C(CC(=O)O)NC(=O)SCCN(C)C. The molecule has 0 fully saturated rings. The lowest BCUT2D eigenvalue weighted by atomic mass is 9.91. The predicted octanol–water partition coefficient (Wildman–Crippen LogP) is 13.0. The van der Waals surface area contributed by atoms with E-state index in [1.807, 2.05) is 19.0 Å². The molecule has 0 aromatic heterocycles. The van der Waals surface area contributed by atoms with Gasteiger partial charge in [0.15, 0.2) is 0 Å². The molecule has 1 amide bonds. The van der Waals surface area contributed by atoms with Crippen LogP contribution in [0, 0.1) is 5.92 Å². The fraction of sp³-hybridized carbons (Fsp3) is 0.761. The first-order valence-electron chi connectivity index (χ1n) is 21.9. The molecule has 0 saturated carbocycles. The van der Waals surface area contributed by atoms with Crippen LogP contribution < -0.4 is 5.32 Å². The van der Waals surface area contributed by atoms with Crippen molar-refractivity contribution in [2.75, 3.05) is 33.0 Å². The van der Waals surface area contributed by atoms with Crippen LogP contribution in [0.15, 0.2) is 48.6 Å². The minimum atomic E-state index is -1.03. The third-order valence-electron chi connectivity index (χ3n) is 9.56. The molecule has 0 bridgehead atoms. The molecule has 0 aliphatic carbocycles. The first-order valence-corrected chi connectivity index (χ1v) is 22.9. The van der Waals surface area contributed by atoms with Gasteiger partial charge in [0, 0.05) is 12.3 Å². The van der Waals surface area contributed by atoms with E-state index in [2.05, 4.69) is 67.8 Å². The lowest BCUT2D eigenvalue weighted by Gasteiger charge is -2.26. The maximum Gasteiger partial charge on any atom is 0.311 e. The summed E-state index contributed by atoms with van der Waals surface area (Å²) in [7, 11) is 3.89. The van der Waals surface area contributed by atoms with Crippen molar-refractivity contribution in [3.05, 3.63) is 48.6 Å². The maximum atomic E-state index is 13.4. The number of esters is 1. The molecule has 2 atom stereocenters. The summed E-state index contributed by atoms with van der Waals surface area (Å²) in [5.74, 6) is -1.49. The van der Waals surface area contributed by atoms with E-state index in [1.165, 1.54) is 83.5 Å². The van der Waals surface area contributed by atoms with Crippen molar-refractivity contribution in [2.45, 2.75) is 187 Å². The van der Waals surface area contributed by atoms with Gasteiger partial charge >= 0.3 is 11.9 Å². The Morgan fingerprint density at radius 1 is 0.630 bits per heavy atom. The summed E-state index contributed by atoms with van der Waals surface area (Å²) in [6.07, 6.45) is 45.7. The first kappa shape index (κ1) is 51.7. The van der Waals surface area contributed by atoms with Gasteiger partial charge in [0.1, 0.15) is 0 Å². The maximum absolute atomic E-state index is 13.4. The fourth-order valence-electron chi connectivity index (χ4n) is 6.20. The van der Waals surface area contributed by atoms with Crippen LogP contribution in [-0.4, -0.2) is 66.2 Å². The highest BCUT2D eigenvalue weighted by Gasteiger charge is 2.32. The molecule has 312 valence electrons. The number of hydrogen-bond donors (Lipinski definition) is 2. The van der Waals surface area contributed by atoms with Crippen LogP contribution in [0.2, 0.25) is 0 Å². The van der Waals surface area contributed by atoms with Gasteiger partial charge in [0.05, 0.1) is 25.0 Å². The normalized spacial score (nSPS) is 13.2. The molecule has 0 aliphatic rings. The molecule has 2 unspecified atom stereocenters. The van der Waals surface area contributed by atoms with Crippen LogP contribution in [0.25, 0.3) is 0 Å². The number of aliphatic carboxylic acids is 1. The fourth-order valence-corrected chi connectivity index (χ4v) is 7.08. The van der Waals surface area contributed by atoms with Crippen molar-refractivity contribution in [3.8, 4) is 0 Å². The van der Waals surface area contributed by atoms with E-state index in [0.29, 0.717) is 18.8 Å². The largest absolute Gasteiger partial charge is 0.481 e. The molecule has 54 heavy (non-hydrogen) atoms. The Balaban J connectivity index is 4.63. The smallest absolute Gasteiger partial charge is 0.311 e. The summed E-state index contributed by atoms with van der Waals surface area (Å²) in [6.45, 7) is 5.53. The number of thioether (sulfide) groups is 1. The average Bonchev–Trinajstić information content (AvgIpc) is 3.13. The molecule has 0 aromatic rings. The van der Waals surface area contributed by atoms with E-state index in [-0.39, 0.29) is 17.6 Å². The van der Waals surface area contributed by atoms with Gasteiger partial charge in [-0.05, 0) is 91.1 Å². The minimum absolute atomic E-state index is 0.289. The lowest BCUT2D eigenvalue weighted by molar-refractivity contribution is -0.150. The van der Waals surface area contributed by atoms with Crippen molar-refractivity contribution >= 4 is 28.9 Å². The van der Waals surface area contributed by atoms with Gasteiger partial charge < -0.3 is 20.1 Å². The van der Waals surface area contributed by atoms with Gasteiger partial charge in [-0.15, -0.1) is 0 Å². The van der Waals surface area contributed by atoms with Gasteiger partial charge in [0.2, 0.25) is 0 Å². The summed E-state index contributed by atoms with van der Waals surface area (Å²) in [6, 6.07) is -0.789. The van der Waals surface area contributed by atoms with Gasteiger partial charge in [-0.3, -0.25) is 14.4 Å². The van der Waals surface area contributed by atoms with Crippen LogP contribution >= 0.6 is 11.8 Å². The summed E-state index contributed by atoms with van der Waals surface area (Å²) in [5.41, 5.74) is 0. The summed E-state index contributed by atoms with van der Waals surface area (Å²) in [5, 5.41) is 12.3. The standard InChI is InChI=1S/C46H82N2O5S/c1-5-7-9-11-13-15-17-19-21-23-25-27-29-31-33-35-37-42(43(41-44(49)50)47-46(52)54-40-38-48(3)4)45(51)53-39-36-34-32-30-28-26-24-22-20-18-16-14-12-10-8-6-2/h13-16,19-22,42-43H,5-12,17-18,23-41H2,1-4H3,(H,47,52)(H,49,50)/b15-13-,16-14-,21-19-,22-20-. The Hall–Kier alpha value is -2.32. The molecule has 0 aromatic carbocycles. The van der Waals surface area contributed by atoms with Gasteiger partial charge in [-0.2, -0.15) is 0 Å². The number of carboxylic acids is 1. The van der Waals surface area contributed by atoms with Crippen LogP contribution in [0.1, 0.15) is 181 Å². The number of unbranched alkanes of at least 4 members (excludes halogenated alkanes) is 18. The van der Waals surface area contributed by atoms with Crippen molar-refractivity contribution in [1.29, 1.82) is 0 Å². The molecule has 0 radical (unpaired) electrons. The number of nitrogens with one attached hydrogen (secondary N) is 1. The Morgan fingerprint density at radius 2 is 1.07 bits per heavy atom. The van der Waals surface area contributed by atoms with Crippen molar-refractivity contribution in [1.82, 2.24) is 10.2 Å². The van der Waals surface area contributed by atoms with E-state index < -0.39 is 17.9 Å². The second kappa shape index (κ2) is 40.3. The molecule has 0 heterocycles. The molecule has 0 rings (SSSR count). The highest BCUT2D eigenvalue weighted by Crippen LogP contribution is 2.22. The van der Waals surface area contributed by atoms with Gasteiger partial charge in [-0.25, -0.2) is 0 Å². The molecule has 0 spiro atoms. The zero-order valence-electron chi connectivity index (χ0n) is 35.2. The second-order valence-corrected chi connectivity index (χ2v) is 16.1. The number of carbonyl (C=O) groups excluding carboxylic acids is 2. The number of allylic oxidation sites excluding steroid dienone is 8. The quantitative estimate of drug-likeness (QED) is 0.0366. The van der Waals surface area contributed by atoms with E-state index in [4.69, 9.17) is 4.74 Å². The van der Waals surface area contributed by atoms with Crippen molar-refractivity contribution < 1.29 is 24.2 Å². The van der Waals surface area contributed by atoms with Crippen molar-refractivity contribution in [3.63, 3.8) is 0 Å². The third-order valence-corrected chi connectivity index (χ3v) is 10.3. The molecular formula is C46H82N2O5S. The topological polar surface area (TPSA) is 95.9 Å². The molecule has 7 nitrogen and oxygen atoms in total. The van der Waals surface area contributed by atoms with Crippen LogP contribution in [0.4, 0.5) is 4.79 Å². The minimum Gasteiger partial charge on any atom is -0.481 e. The number of carboxylic acid groups (broad SMARTS) is 1. The number of amides is 1. The highest BCUT2D eigenvalue weighted by atomic mass is 32.2.